The predicted molar refractivity (Wildman–Crippen MR) is 91.0 cm³/mol. The van der Waals surface area contributed by atoms with Crippen molar-refractivity contribution in [3.8, 4) is 5.75 Å². The minimum Gasteiger partial charge on any atom is -0.497 e. The molecule has 0 amide bonds. The van der Waals surface area contributed by atoms with E-state index in [1.54, 1.807) is 7.11 Å². The summed E-state index contributed by atoms with van der Waals surface area (Å²) in [6.07, 6.45) is 1.18. The monoisotopic (exact) mass is 301 g/mol. The number of hydrogen-bond donors (Lipinski definition) is 1. The molecular weight excluding hydrogens is 278 g/mol. The standard InChI is InChI=1S/C18H23NOS/c1-3-12-19-13-15-6-10-18(11-7-15)21-14-16-4-8-17(20-2)9-5-16/h4-11,19H,3,12-14H2,1-2H3. The Kier molecular flexibility index (Phi) is 6.64. The normalized spacial score (nSPS) is 10.6. The highest BCUT2D eigenvalue weighted by atomic mass is 32.2. The van der Waals surface area contributed by atoms with Crippen molar-refractivity contribution >= 4 is 11.8 Å². The van der Waals surface area contributed by atoms with Crippen molar-refractivity contribution in [2.45, 2.75) is 30.5 Å². The average molecular weight is 301 g/mol. The summed E-state index contributed by atoms with van der Waals surface area (Å²) < 4.78 is 5.17. The van der Waals surface area contributed by atoms with Gasteiger partial charge >= 0.3 is 0 Å². The minimum atomic E-state index is 0.910. The van der Waals surface area contributed by atoms with Crippen molar-refractivity contribution < 1.29 is 4.74 Å². The zero-order valence-corrected chi connectivity index (χ0v) is 13.6. The number of rotatable bonds is 8. The molecule has 0 saturated carbocycles. The van der Waals surface area contributed by atoms with Crippen LogP contribution in [0.4, 0.5) is 0 Å². The maximum absolute atomic E-state index is 5.17. The van der Waals surface area contributed by atoms with Gasteiger partial charge in [-0.2, -0.15) is 0 Å². The van der Waals surface area contributed by atoms with Gasteiger partial charge in [0, 0.05) is 17.2 Å². The van der Waals surface area contributed by atoms with Gasteiger partial charge in [-0.25, -0.2) is 0 Å². The van der Waals surface area contributed by atoms with E-state index < -0.39 is 0 Å². The van der Waals surface area contributed by atoms with Crippen LogP contribution in [-0.4, -0.2) is 13.7 Å². The average Bonchev–Trinajstić information content (AvgIpc) is 2.55. The molecule has 2 nitrogen and oxygen atoms in total. The predicted octanol–water partition coefficient (Wildman–Crippen LogP) is 4.49. The van der Waals surface area contributed by atoms with Gasteiger partial charge in [-0.3, -0.25) is 0 Å². The van der Waals surface area contributed by atoms with Crippen LogP contribution >= 0.6 is 11.8 Å². The first-order valence-corrected chi connectivity index (χ1v) is 8.35. The molecule has 0 aromatic heterocycles. The van der Waals surface area contributed by atoms with E-state index in [4.69, 9.17) is 4.74 Å². The van der Waals surface area contributed by atoms with Crippen LogP contribution in [0.5, 0.6) is 5.75 Å². The number of methoxy groups -OCH3 is 1. The lowest BCUT2D eigenvalue weighted by Gasteiger charge is -2.06. The van der Waals surface area contributed by atoms with E-state index in [1.807, 2.05) is 23.9 Å². The van der Waals surface area contributed by atoms with E-state index >= 15 is 0 Å². The molecule has 0 spiro atoms. The Labute approximate surface area is 131 Å². The van der Waals surface area contributed by atoms with Crippen molar-refractivity contribution in [2.75, 3.05) is 13.7 Å². The fourth-order valence-corrected chi connectivity index (χ4v) is 2.86. The van der Waals surface area contributed by atoms with Crippen LogP contribution in [0, 0.1) is 0 Å². The fourth-order valence-electron chi connectivity index (χ4n) is 2.00. The van der Waals surface area contributed by atoms with Crippen molar-refractivity contribution in [1.29, 1.82) is 0 Å². The smallest absolute Gasteiger partial charge is 0.118 e. The molecule has 2 aromatic carbocycles. The van der Waals surface area contributed by atoms with Gasteiger partial charge in [0.25, 0.3) is 0 Å². The number of hydrogen-bond acceptors (Lipinski definition) is 3. The Morgan fingerprint density at radius 3 is 2.24 bits per heavy atom. The first-order chi connectivity index (χ1) is 10.3. The summed E-state index contributed by atoms with van der Waals surface area (Å²) in [5.41, 5.74) is 2.66. The summed E-state index contributed by atoms with van der Waals surface area (Å²) in [4.78, 5) is 1.31. The lowest BCUT2D eigenvalue weighted by molar-refractivity contribution is 0.414. The number of nitrogens with one attached hydrogen (secondary N) is 1. The number of benzene rings is 2. The molecule has 0 heterocycles. The third-order valence-electron chi connectivity index (χ3n) is 3.24. The molecule has 1 N–H and O–H groups in total. The Morgan fingerprint density at radius 2 is 1.62 bits per heavy atom. The highest BCUT2D eigenvalue weighted by Crippen LogP contribution is 2.24. The Bertz CT molecular complexity index is 522. The third-order valence-corrected chi connectivity index (χ3v) is 4.33. The van der Waals surface area contributed by atoms with Crippen LogP contribution in [0.2, 0.25) is 0 Å². The van der Waals surface area contributed by atoms with Gasteiger partial charge in [-0.15, -0.1) is 11.8 Å². The summed E-state index contributed by atoms with van der Waals surface area (Å²) in [6.45, 7) is 4.22. The molecule has 2 rings (SSSR count). The minimum absolute atomic E-state index is 0.910. The van der Waals surface area contributed by atoms with Gasteiger partial charge < -0.3 is 10.1 Å². The summed E-state index contributed by atoms with van der Waals surface area (Å²) in [5.74, 6) is 1.89. The molecule has 0 aliphatic rings. The lowest BCUT2D eigenvalue weighted by Crippen LogP contribution is -2.13. The van der Waals surface area contributed by atoms with Crippen molar-refractivity contribution in [1.82, 2.24) is 5.32 Å². The molecule has 0 fully saturated rings. The summed E-state index contributed by atoms with van der Waals surface area (Å²) >= 11 is 1.86. The van der Waals surface area contributed by atoms with Crippen LogP contribution < -0.4 is 10.1 Å². The fraction of sp³-hybridized carbons (Fsp3) is 0.333. The molecule has 0 bridgehead atoms. The maximum atomic E-state index is 5.17. The highest BCUT2D eigenvalue weighted by Gasteiger charge is 1.98. The van der Waals surface area contributed by atoms with Gasteiger partial charge in [0.15, 0.2) is 0 Å². The zero-order valence-electron chi connectivity index (χ0n) is 12.8. The highest BCUT2D eigenvalue weighted by molar-refractivity contribution is 7.98. The van der Waals surface area contributed by atoms with E-state index in [9.17, 15) is 0 Å². The Hall–Kier alpha value is -1.45. The molecule has 0 aliphatic carbocycles. The second-order valence-electron chi connectivity index (χ2n) is 4.96. The van der Waals surface area contributed by atoms with Gasteiger partial charge in [-0.1, -0.05) is 31.2 Å². The maximum Gasteiger partial charge on any atom is 0.118 e. The lowest BCUT2D eigenvalue weighted by atomic mass is 10.2. The summed E-state index contributed by atoms with van der Waals surface area (Å²) in [6, 6.07) is 17.1. The van der Waals surface area contributed by atoms with Crippen molar-refractivity contribution in [2.24, 2.45) is 0 Å². The zero-order chi connectivity index (χ0) is 14.9. The first-order valence-electron chi connectivity index (χ1n) is 7.37. The van der Waals surface area contributed by atoms with Gasteiger partial charge in [0.1, 0.15) is 5.75 Å². The van der Waals surface area contributed by atoms with E-state index in [0.717, 1.165) is 24.6 Å². The topological polar surface area (TPSA) is 21.3 Å². The first kappa shape index (κ1) is 15.9. The second kappa shape index (κ2) is 8.75. The largest absolute Gasteiger partial charge is 0.497 e. The van der Waals surface area contributed by atoms with Crippen LogP contribution in [0.1, 0.15) is 24.5 Å². The molecule has 0 atom stereocenters. The summed E-state index contributed by atoms with van der Waals surface area (Å²) in [5, 5.41) is 3.42. The molecular formula is C18H23NOS. The Balaban J connectivity index is 1.82. The SMILES string of the molecule is CCCNCc1ccc(SCc2ccc(OC)cc2)cc1. The molecule has 2 aromatic rings. The van der Waals surface area contributed by atoms with E-state index in [2.05, 4.69) is 48.6 Å². The molecule has 3 heteroatoms. The van der Waals surface area contributed by atoms with E-state index in [0.29, 0.717) is 0 Å². The van der Waals surface area contributed by atoms with Crippen LogP contribution in [-0.2, 0) is 12.3 Å². The number of ether oxygens (including phenoxy) is 1. The third kappa shape index (κ3) is 5.44. The quantitative estimate of drug-likeness (QED) is 0.573. The number of thioether (sulfide) groups is 1. The van der Waals surface area contributed by atoms with Crippen molar-refractivity contribution in [3.05, 3.63) is 59.7 Å². The molecule has 0 radical (unpaired) electrons. The molecule has 112 valence electrons. The second-order valence-corrected chi connectivity index (χ2v) is 6.01. The van der Waals surface area contributed by atoms with Gasteiger partial charge in [-0.05, 0) is 48.4 Å². The van der Waals surface area contributed by atoms with E-state index in [-0.39, 0.29) is 0 Å². The molecule has 0 aliphatic heterocycles. The van der Waals surface area contributed by atoms with Crippen LogP contribution in [0.3, 0.4) is 0 Å². The van der Waals surface area contributed by atoms with Gasteiger partial charge in [0.05, 0.1) is 7.11 Å². The molecule has 0 saturated heterocycles. The van der Waals surface area contributed by atoms with Crippen LogP contribution in [0.25, 0.3) is 0 Å². The van der Waals surface area contributed by atoms with E-state index in [1.165, 1.54) is 22.4 Å². The molecule has 21 heavy (non-hydrogen) atoms. The van der Waals surface area contributed by atoms with Gasteiger partial charge in [0.2, 0.25) is 0 Å². The Morgan fingerprint density at radius 1 is 0.952 bits per heavy atom. The molecule has 0 unspecified atom stereocenters. The van der Waals surface area contributed by atoms with Crippen LogP contribution in [0.15, 0.2) is 53.4 Å². The summed E-state index contributed by atoms with van der Waals surface area (Å²) in [7, 11) is 1.70. The van der Waals surface area contributed by atoms with Crippen molar-refractivity contribution in [3.63, 3.8) is 0 Å².